The molecule has 0 bridgehead atoms. The van der Waals surface area contributed by atoms with Crippen LogP contribution in [-0.4, -0.2) is 25.5 Å². The smallest absolute Gasteiger partial charge is 0.390 e. The first-order valence-electron chi connectivity index (χ1n) is 5.10. The van der Waals surface area contributed by atoms with Crippen LogP contribution in [0.5, 0.6) is 0 Å². The van der Waals surface area contributed by atoms with Crippen molar-refractivity contribution in [1.82, 2.24) is 0 Å². The summed E-state index contributed by atoms with van der Waals surface area (Å²) in [4.78, 5) is 18.4. The van der Waals surface area contributed by atoms with Crippen molar-refractivity contribution in [1.29, 1.82) is 0 Å². The molecular formula is C10H12F4O3Si. The fourth-order valence-corrected chi connectivity index (χ4v) is 2.26. The van der Waals surface area contributed by atoms with E-state index in [9.17, 15) is 27.2 Å². The van der Waals surface area contributed by atoms with E-state index in [1.807, 2.05) is 0 Å². The first-order chi connectivity index (χ1) is 8.28. The molecular weight excluding hydrogens is 272 g/mol. The summed E-state index contributed by atoms with van der Waals surface area (Å²) < 4.78 is 56.0. The Bertz CT molecular complexity index is 440. The zero-order valence-corrected chi connectivity index (χ0v) is 10.5. The van der Waals surface area contributed by atoms with Gasteiger partial charge in [0.1, 0.15) is 0 Å². The van der Waals surface area contributed by atoms with E-state index < -0.39 is 32.1 Å². The molecule has 0 aliphatic heterocycles. The lowest BCUT2D eigenvalue weighted by atomic mass is 10.1. The standard InChI is InChI=1S/C10H12F4O3Si/c1-17-18(15,16)4-2-3-6-5-7(11)9(13)10(14)8(6)12/h5,15-16H,2-4H2,1H3. The van der Waals surface area contributed by atoms with Crippen molar-refractivity contribution < 1.29 is 31.6 Å². The van der Waals surface area contributed by atoms with Crippen molar-refractivity contribution in [3.8, 4) is 0 Å². The van der Waals surface area contributed by atoms with E-state index in [1.165, 1.54) is 0 Å². The molecule has 0 saturated heterocycles. The second-order valence-corrected chi connectivity index (χ2v) is 6.15. The number of hydrogen-bond acceptors (Lipinski definition) is 3. The molecule has 1 aromatic rings. The second kappa shape index (κ2) is 5.78. The van der Waals surface area contributed by atoms with E-state index in [2.05, 4.69) is 4.43 Å². The van der Waals surface area contributed by atoms with Crippen molar-refractivity contribution in [2.24, 2.45) is 0 Å². The Labute approximate surface area is 102 Å². The van der Waals surface area contributed by atoms with E-state index in [0.717, 1.165) is 7.11 Å². The van der Waals surface area contributed by atoms with Crippen LogP contribution in [0.25, 0.3) is 0 Å². The summed E-state index contributed by atoms with van der Waals surface area (Å²) in [6.45, 7) is 0. The summed E-state index contributed by atoms with van der Waals surface area (Å²) >= 11 is 0. The molecule has 18 heavy (non-hydrogen) atoms. The topological polar surface area (TPSA) is 49.7 Å². The fraction of sp³-hybridized carbons (Fsp3) is 0.400. The summed E-state index contributed by atoms with van der Waals surface area (Å²) in [5, 5.41) is 0. The second-order valence-electron chi connectivity index (χ2n) is 3.76. The number of rotatable bonds is 5. The van der Waals surface area contributed by atoms with Crippen LogP contribution >= 0.6 is 0 Å². The van der Waals surface area contributed by atoms with Gasteiger partial charge in [0.2, 0.25) is 0 Å². The van der Waals surface area contributed by atoms with Gasteiger partial charge in [-0.15, -0.1) is 0 Å². The molecule has 0 amide bonds. The summed E-state index contributed by atoms with van der Waals surface area (Å²) in [6, 6.07) is 0.405. The van der Waals surface area contributed by atoms with Gasteiger partial charge in [-0.1, -0.05) is 0 Å². The minimum atomic E-state index is -3.77. The van der Waals surface area contributed by atoms with Crippen LogP contribution < -0.4 is 0 Å². The van der Waals surface area contributed by atoms with Gasteiger partial charge < -0.3 is 14.0 Å². The third kappa shape index (κ3) is 3.51. The SMILES string of the molecule is CO[Si](O)(O)CCCc1cc(F)c(F)c(F)c1F. The van der Waals surface area contributed by atoms with Gasteiger partial charge in [0.25, 0.3) is 0 Å². The van der Waals surface area contributed by atoms with Gasteiger partial charge in [-0.3, -0.25) is 0 Å². The number of benzene rings is 1. The van der Waals surface area contributed by atoms with Crippen LogP contribution in [0, 0.1) is 23.3 Å². The predicted octanol–water partition coefficient (Wildman–Crippen LogP) is 1.75. The molecule has 8 heteroatoms. The molecule has 0 fully saturated rings. The zero-order valence-electron chi connectivity index (χ0n) is 9.51. The van der Waals surface area contributed by atoms with Crippen molar-refractivity contribution in [3.05, 3.63) is 34.9 Å². The number of halogens is 4. The molecule has 0 spiro atoms. The van der Waals surface area contributed by atoms with Gasteiger partial charge in [0, 0.05) is 13.2 Å². The maximum absolute atomic E-state index is 13.2. The number of hydrogen-bond donors (Lipinski definition) is 2. The van der Waals surface area contributed by atoms with Gasteiger partial charge in [0.15, 0.2) is 23.3 Å². The van der Waals surface area contributed by atoms with E-state index in [4.69, 9.17) is 0 Å². The van der Waals surface area contributed by atoms with Crippen molar-refractivity contribution >= 4 is 8.80 Å². The van der Waals surface area contributed by atoms with Crippen LogP contribution in [0.1, 0.15) is 12.0 Å². The Morgan fingerprint density at radius 2 is 1.72 bits per heavy atom. The van der Waals surface area contributed by atoms with E-state index in [-0.39, 0.29) is 24.4 Å². The maximum atomic E-state index is 13.2. The number of aryl methyl sites for hydroxylation is 1. The van der Waals surface area contributed by atoms with Crippen LogP contribution in [0.15, 0.2) is 6.07 Å². The third-order valence-electron chi connectivity index (χ3n) is 2.45. The first kappa shape index (κ1) is 15.1. The van der Waals surface area contributed by atoms with Crippen LogP contribution in [-0.2, 0) is 10.8 Å². The molecule has 1 rings (SSSR count). The van der Waals surface area contributed by atoms with Gasteiger partial charge in [-0.05, 0) is 24.5 Å². The monoisotopic (exact) mass is 284 g/mol. The van der Waals surface area contributed by atoms with Crippen molar-refractivity contribution in [2.75, 3.05) is 7.11 Å². The van der Waals surface area contributed by atoms with Gasteiger partial charge in [-0.2, -0.15) is 0 Å². The summed E-state index contributed by atoms with van der Waals surface area (Å²) in [7, 11) is -2.66. The molecule has 2 N–H and O–H groups in total. The van der Waals surface area contributed by atoms with Crippen LogP contribution in [0.2, 0.25) is 6.04 Å². The molecule has 0 unspecified atom stereocenters. The van der Waals surface area contributed by atoms with Crippen LogP contribution in [0.3, 0.4) is 0 Å². The van der Waals surface area contributed by atoms with Crippen LogP contribution in [0.4, 0.5) is 17.6 Å². The lowest BCUT2D eigenvalue weighted by Crippen LogP contribution is -2.37. The normalized spacial score (nSPS) is 11.9. The lowest BCUT2D eigenvalue weighted by molar-refractivity contribution is 0.184. The van der Waals surface area contributed by atoms with Crippen molar-refractivity contribution in [2.45, 2.75) is 18.9 Å². The lowest BCUT2D eigenvalue weighted by Gasteiger charge is -2.14. The molecule has 0 saturated carbocycles. The quantitative estimate of drug-likeness (QED) is 0.375. The Morgan fingerprint density at radius 1 is 1.11 bits per heavy atom. The Morgan fingerprint density at radius 3 is 2.28 bits per heavy atom. The summed E-state index contributed by atoms with van der Waals surface area (Å²) in [6.07, 6.45) is -0.103. The minimum Gasteiger partial charge on any atom is -0.390 e. The Hall–Kier alpha value is -0.963. The Kier molecular flexibility index (Phi) is 4.85. The highest BCUT2D eigenvalue weighted by molar-refractivity contribution is 6.57. The molecule has 1 aromatic carbocycles. The summed E-state index contributed by atoms with van der Waals surface area (Å²) in [5.41, 5.74) is -0.354. The molecule has 0 aliphatic carbocycles. The third-order valence-corrected chi connectivity index (χ3v) is 4.11. The highest BCUT2D eigenvalue weighted by Crippen LogP contribution is 2.21. The van der Waals surface area contributed by atoms with E-state index in [1.54, 1.807) is 0 Å². The fourth-order valence-electron chi connectivity index (χ4n) is 1.41. The Balaban J connectivity index is 2.75. The predicted molar refractivity (Wildman–Crippen MR) is 56.6 cm³/mol. The molecule has 0 heterocycles. The van der Waals surface area contributed by atoms with Gasteiger partial charge in [-0.25, -0.2) is 17.6 Å². The highest BCUT2D eigenvalue weighted by Gasteiger charge is 2.30. The minimum absolute atomic E-state index is 0.0501. The average molecular weight is 284 g/mol. The molecule has 102 valence electrons. The molecule has 0 atom stereocenters. The van der Waals surface area contributed by atoms with Crippen molar-refractivity contribution in [3.63, 3.8) is 0 Å². The average Bonchev–Trinajstić information content (AvgIpc) is 2.33. The molecule has 3 nitrogen and oxygen atoms in total. The van der Waals surface area contributed by atoms with E-state index >= 15 is 0 Å². The maximum Gasteiger partial charge on any atom is 0.495 e. The molecule has 0 aliphatic rings. The van der Waals surface area contributed by atoms with Gasteiger partial charge >= 0.3 is 8.80 Å². The molecule has 0 aromatic heterocycles. The first-order valence-corrected chi connectivity index (χ1v) is 7.11. The van der Waals surface area contributed by atoms with E-state index in [0.29, 0.717) is 6.07 Å². The zero-order chi connectivity index (χ0) is 13.9. The largest absolute Gasteiger partial charge is 0.495 e. The summed E-state index contributed by atoms with van der Waals surface area (Å²) in [5.74, 6) is -6.67. The molecule has 0 radical (unpaired) electrons. The highest BCUT2D eigenvalue weighted by atomic mass is 28.4. The van der Waals surface area contributed by atoms with Gasteiger partial charge in [0.05, 0.1) is 0 Å².